The van der Waals surface area contributed by atoms with Crippen molar-refractivity contribution in [2.45, 2.75) is 59.3 Å². The second-order valence-electron chi connectivity index (χ2n) is 11.9. The predicted molar refractivity (Wildman–Crippen MR) is 167 cm³/mol. The van der Waals surface area contributed by atoms with E-state index >= 15 is 0 Å². The van der Waals surface area contributed by atoms with Gasteiger partial charge in [-0.3, -0.25) is 19.8 Å². The number of aliphatic carboxylic acids is 1. The van der Waals surface area contributed by atoms with Crippen LogP contribution in [0, 0.1) is 11.8 Å². The fourth-order valence-electron chi connectivity index (χ4n) is 4.26. The van der Waals surface area contributed by atoms with Gasteiger partial charge in [0.2, 0.25) is 6.79 Å². The van der Waals surface area contributed by atoms with E-state index in [1.807, 2.05) is 30.3 Å². The second-order valence-corrected chi connectivity index (χ2v) is 12.3. The summed E-state index contributed by atoms with van der Waals surface area (Å²) in [6.07, 6.45) is -0.793. The van der Waals surface area contributed by atoms with E-state index in [0.717, 1.165) is 23.0 Å². The van der Waals surface area contributed by atoms with Crippen LogP contribution in [0.3, 0.4) is 0 Å². The average molecular weight is 659 g/mol. The fraction of sp³-hybridized carbons (Fsp3) is 0.394. The number of aliphatic hydroxyl groups excluding tert-OH is 1. The summed E-state index contributed by atoms with van der Waals surface area (Å²) in [5.41, 5.74) is 4.40. The molecule has 3 N–H and O–H groups in total. The SMILES string of the molecule is CC(C)C(CC(=O)OC(C)(C)C)C(=O)OCOc1coc(C(=O)NN(Cc2ccc(-c3cccc(Cl)c3)cc2)C[C@@H](O)C(=O)O)c1. The summed E-state index contributed by atoms with van der Waals surface area (Å²) >= 11 is 6.09. The van der Waals surface area contributed by atoms with E-state index in [-0.39, 0.29) is 30.4 Å². The number of hydrogen-bond donors (Lipinski definition) is 3. The van der Waals surface area contributed by atoms with Gasteiger partial charge in [-0.25, -0.2) is 9.80 Å². The Morgan fingerprint density at radius 3 is 2.33 bits per heavy atom. The van der Waals surface area contributed by atoms with Gasteiger partial charge in [-0.2, -0.15) is 0 Å². The third kappa shape index (κ3) is 11.5. The normalized spacial score (nSPS) is 12.8. The lowest BCUT2D eigenvalue weighted by molar-refractivity contribution is -0.166. The Balaban J connectivity index is 1.59. The first-order valence-corrected chi connectivity index (χ1v) is 14.9. The van der Waals surface area contributed by atoms with Crippen LogP contribution in [0.2, 0.25) is 5.02 Å². The molecule has 0 aliphatic heterocycles. The molecule has 1 heterocycles. The highest BCUT2D eigenvalue weighted by Gasteiger charge is 2.29. The van der Waals surface area contributed by atoms with Gasteiger partial charge in [-0.1, -0.05) is 61.8 Å². The van der Waals surface area contributed by atoms with Crippen molar-refractivity contribution in [1.29, 1.82) is 0 Å². The zero-order chi connectivity index (χ0) is 34.0. The lowest BCUT2D eigenvalue weighted by Crippen LogP contribution is -2.47. The molecule has 3 rings (SSSR count). The van der Waals surface area contributed by atoms with Crippen molar-refractivity contribution in [2.75, 3.05) is 13.3 Å². The molecule has 2 aromatic carbocycles. The second kappa shape index (κ2) is 16.3. The molecule has 1 amide bonds. The van der Waals surface area contributed by atoms with E-state index in [0.29, 0.717) is 5.02 Å². The van der Waals surface area contributed by atoms with E-state index in [1.165, 1.54) is 11.1 Å². The molecule has 13 heteroatoms. The minimum absolute atomic E-state index is 0.0617. The van der Waals surface area contributed by atoms with Crippen LogP contribution in [-0.2, 0) is 30.4 Å². The summed E-state index contributed by atoms with van der Waals surface area (Å²) in [6.45, 7) is 7.92. The first-order valence-electron chi connectivity index (χ1n) is 14.5. The third-order valence-electron chi connectivity index (χ3n) is 6.56. The van der Waals surface area contributed by atoms with Crippen LogP contribution in [-0.4, -0.2) is 64.1 Å². The molecule has 46 heavy (non-hydrogen) atoms. The molecule has 0 spiro atoms. The molecule has 1 unspecified atom stereocenters. The van der Waals surface area contributed by atoms with E-state index in [9.17, 15) is 29.4 Å². The Morgan fingerprint density at radius 1 is 1.02 bits per heavy atom. The number of aliphatic hydroxyl groups is 1. The predicted octanol–water partition coefficient (Wildman–Crippen LogP) is 5.08. The number of rotatable bonds is 15. The number of nitrogens with one attached hydrogen (secondary N) is 1. The van der Waals surface area contributed by atoms with Crippen molar-refractivity contribution in [3.05, 3.63) is 77.2 Å². The minimum atomic E-state index is -1.78. The Morgan fingerprint density at radius 2 is 1.72 bits per heavy atom. The Kier molecular flexibility index (Phi) is 12.7. The zero-order valence-electron chi connectivity index (χ0n) is 26.3. The van der Waals surface area contributed by atoms with Gasteiger partial charge >= 0.3 is 23.8 Å². The summed E-state index contributed by atoms with van der Waals surface area (Å²) in [5.74, 6) is -4.40. The van der Waals surface area contributed by atoms with Crippen molar-refractivity contribution >= 4 is 35.4 Å². The lowest BCUT2D eigenvalue weighted by Gasteiger charge is -2.24. The van der Waals surface area contributed by atoms with Crippen LogP contribution in [0.5, 0.6) is 5.75 Å². The molecule has 0 aliphatic carbocycles. The van der Waals surface area contributed by atoms with Gasteiger partial charge in [-0.15, -0.1) is 0 Å². The van der Waals surface area contributed by atoms with Crippen molar-refractivity contribution in [1.82, 2.24) is 10.4 Å². The first-order chi connectivity index (χ1) is 21.6. The molecule has 0 fully saturated rings. The van der Waals surface area contributed by atoms with E-state index < -0.39 is 54.8 Å². The van der Waals surface area contributed by atoms with Gasteiger partial charge in [0.25, 0.3) is 0 Å². The van der Waals surface area contributed by atoms with Crippen LogP contribution >= 0.6 is 11.6 Å². The number of nitrogens with zero attached hydrogens (tertiary/aromatic N) is 1. The summed E-state index contributed by atoms with van der Waals surface area (Å²) in [6, 6.07) is 15.9. The van der Waals surface area contributed by atoms with Crippen molar-refractivity contribution in [2.24, 2.45) is 11.8 Å². The van der Waals surface area contributed by atoms with Crippen molar-refractivity contribution in [3.63, 3.8) is 0 Å². The Bertz CT molecular complexity index is 1500. The van der Waals surface area contributed by atoms with Gasteiger partial charge in [0.15, 0.2) is 17.6 Å². The summed E-state index contributed by atoms with van der Waals surface area (Å²) in [7, 11) is 0. The third-order valence-corrected chi connectivity index (χ3v) is 6.80. The first kappa shape index (κ1) is 36.1. The van der Waals surface area contributed by atoms with Gasteiger partial charge in [0.05, 0.1) is 18.9 Å². The summed E-state index contributed by atoms with van der Waals surface area (Å²) in [5, 5.41) is 21.0. The van der Waals surface area contributed by atoms with Crippen LogP contribution in [0.15, 0.2) is 65.3 Å². The number of carbonyl (C=O) groups is 4. The van der Waals surface area contributed by atoms with Crippen LogP contribution in [0.1, 0.15) is 57.2 Å². The quantitative estimate of drug-likeness (QED) is 0.113. The molecule has 0 saturated heterocycles. The Hall–Kier alpha value is -4.39. The molecule has 1 aromatic heterocycles. The number of amides is 1. The largest absolute Gasteiger partial charge is 0.479 e. The standard InChI is InChI=1S/C33H39ClN2O10/c1-20(2)26(15-29(38)46-33(3,4)5)32(42)45-19-44-25-14-28(43-18-25)30(39)35-36(17-27(37)31(40)41)16-21-9-11-22(12-10-21)23-7-6-8-24(34)13-23/h6-14,18,20,26-27,37H,15-17,19H2,1-5H3,(H,35,39)(H,40,41)/t26?,27-/m1/s1. The van der Waals surface area contributed by atoms with Gasteiger partial charge in [0, 0.05) is 17.6 Å². The molecule has 0 bridgehead atoms. The highest BCUT2D eigenvalue weighted by molar-refractivity contribution is 6.30. The number of ether oxygens (including phenoxy) is 3. The summed E-state index contributed by atoms with van der Waals surface area (Å²) < 4.78 is 21.2. The summed E-state index contributed by atoms with van der Waals surface area (Å²) in [4.78, 5) is 49.1. The molecule has 0 aliphatic rings. The van der Waals surface area contributed by atoms with Crippen LogP contribution in [0.25, 0.3) is 11.1 Å². The molecular formula is C33H39ClN2O10. The van der Waals surface area contributed by atoms with Gasteiger partial charge in [0.1, 0.15) is 11.9 Å². The lowest BCUT2D eigenvalue weighted by atomic mass is 9.92. The number of halogens is 1. The number of hydrogen-bond acceptors (Lipinski definition) is 10. The molecular weight excluding hydrogens is 620 g/mol. The van der Waals surface area contributed by atoms with E-state index in [2.05, 4.69) is 5.43 Å². The maximum atomic E-state index is 13.0. The number of furan rings is 1. The highest BCUT2D eigenvalue weighted by atomic mass is 35.5. The van der Waals surface area contributed by atoms with Crippen molar-refractivity contribution < 1.29 is 48.0 Å². The minimum Gasteiger partial charge on any atom is -0.479 e. The topological polar surface area (TPSA) is 165 Å². The Labute approximate surface area is 272 Å². The van der Waals surface area contributed by atoms with Gasteiger partial charge in [-0.05, 0) is 55.5 Å². The van der Waals surface area contributed by atoms with E-state index in [4.69, 9.17) is 30.2 Å². The number of carbonyl (C=O) groups excluding carboxylic acids is 3. The number of carboxylic acids is 1. The average Bonchev–Trinajstić information content (AvgIpc) is 3.44. The van der Waals surface area contributed by atoms with Crippen LogP contribution in [0.4, 0.5) is 0 Å². The number of hydrazine groups is 1. The number of carboxylic acid groups (broad SMARTS) is 1. The van der Waals surface area contributed by atoms with Crippen LogP contribution < -0.4 is 10.2 Å². The highest BCUT2D eigenvalue weighted by Crippen LogP contribution is 2.24. The molecule has 0 radical (unpaired) electrons. The molecule has 12 nitrogen and oxygen atoms in total. The smallest absolute Gasteiger partial charge is 0.333 e. The number of esters is 2. The van der Waals surface area contributed by atoms with E-state index in [1.54, 1.807) is 52.8 Å². The maximum absolute atomic E-state index is 13.0. The monoisotopic (exact) mass is 658 g/mol. The molecule has 3 aromatic rings. The molecule has 0 saturated carbocycles. The van der Waals surface area contributed by atoms with Gasteiger partial charge < -0.3 is 28.8 Å². The van der Waals surface area contributed by atoms with Crippen molar-refractivity contribution in [3.8, 4) is 16.9 Å². The maximum Gasteiger partial charge on any atom is 0.333 e. The number of benzene rings is 2. The fourth-order valence-corrected chi connectivity index (χ4v) is 4.45. The molecule has 2 atom stereocenters. The molecule has 248 valence electrons. The zero-order valence-corrected chi connectivity index (χ0v) is 27.1.